The maximum Gasteiger partial charge on any atom is 0.336 e. The Kier molecular flexibility index (Phi) is 8.87. The van der Waals surface area contributed by atoms with Crippen molar-refractivity contribution in [3.8, 4) is 23.3 Å². The maximum atomic E-state index is 12.2. The molecule has 31 heavy (non-hydrogen) atoms. The fraction of sp³-hybridized carbons (Fsp3) is 0.208. The van der Waals surface area contributed by atoms with Crippen molar-refractivity contribution in [2.45, 2.75) is 13.3 Å². The Morgan fingerprint density at radius 1 is 1.03 bits per heavy atom. The van der Waals surface area contributed by atoms with E-state index in [9.17, 15) is 14.9 Å². The summed E-state index contributed by atoms with van der Waals surface area (Å²) in [5, 5.41) is 11.9. The highest BCUT2D eigenvalue weighted by atomic mass is 16.6. The van der Waals surface area contributed by atoms with Crippen molar-refractivity contribution < 1.29 is 23.8 Å². The number of nitrogens with one attached hydrogen (secondary N) is 1. The van der Waals surface area contributed by atoms with E-state index in [1.165, 1.54) is 19.3 Å². The van der Waals surface area contributed by atoms with Gasteiger partial charge in [0.1, 0.15) is 17.4 Å². The molecule has 0 saturated heterocycles. The minimum Gasteiger partial charge on any atom is -0.497 e. The fourth-order valence-corrected chi connectivity index (χ4v) is 2.53. The van der Waals surface area contributed by atoms with Gasteiger partial charge >= 0.3 is 5.97 Å². The number of carbonyl (C=O) groups excluding carboxylic acids is 2. The third-order valence-corrected chi connectivity index (χ3v) is 4.14. The van der Waals surface area contributed by atoms with Gasteiger partial charge in [0, 0.05) is 12.6 Å². The van der Waals surface area contributed by atoms with E-state index in [0.717, 1.165) is 17.7 Å². The van der Waals surface area contributed by atoms with Gasteiger partial charge in [-0.15, -0.1) is 0 Å². The van der Waals surface area contributed by atoms with Gasteiger partial charge in [0.15, 0.2) is 11.5 Å². The summed E-state index contributed by atoms with van der Waals surface area (Å²) in [7, 11) is 3.02. The van der Waals surface area contributed by atoms with E-state index >= 15 is 0 Å². The van der Waals surface area contributed by atoms with Gasteiger partial charge < -0.3 is 19.5 Å². The SMILES string of the molecule is CCCNC(=O)C(C#N)=Cc1ccc(OC(=O)C=Cc2ccc(OC)cc2)c(OC)c1. The van der Waals surface area contributed by atoms with Gasteiger partial charge in [0.25, 0.3) is 5.91 Å². The standard InChI is InChI=1S/C24H24N2O5/c1-4-13-26-24(28)19(16-25)14-18-7-11-21(22(15-18)30-3)31-23(27)12-8-17-5-9-20(29-2)10-6-17/h5-12,14-15H,4,13H2,1-3H3,(H,26,28). The number of amides is 1. The highest BCUT2D eigenvalue weighted by Crippen LogP contribution is 2.29. The van der Waals surface area contributed by atoms with Crippen LogP contribution in [0.2, 0.25) is 0 Å². The molecule has 2 aromatic rings. The van der Waals surface area contributed by atoms with Crippen LogP contribution in [0.15, 0.2) is 54.1 Å². The normalized spacial score (nSPS) is 11.0. The first kappa shape index (κ1) is 23.2. The molecule has 0 spiro atoms. The van der Waals surface area contributed by atoms with Crippen molar-refractivity contribution in [1.82, 2.24) is 5.32 Å². The van der Waals surface area contributed by atoms with Crippen molar-refractivity contribution in [3.05, 3.63) is 65.2 Å². The molecule has 1 amide bonds. The van der Waals surface area contributed by atoms with Gasteiger partial charge in [0.05, 0.1) is 14.2 Å². The minimum atomic E-state index is -0.575. The fourth-order valence-electron chi connectivity index (χ4n) is 2.53. The van der Waals surface area contributed by atoms with Crippen LogP contribution >= 0.6 is 0 Å². The van der Waals surface area contributed by atoms with E-state index in [2.05, 4.69) is 5.32 Å². The summed E-state index contributed by atoms with van der Waals surface area (Å²) in [5.74, 6) is 0.224. The molecule has 0 atom stereocenters. The summed E-state index contributed by atoms with van der Waals surface area (Å²) < 4.78 is 15.7. The van der Waals surface area contributed by atoms with Crippen LogP contribution in [0.4, 0.5) is 0 Å². The number of hydrogen-bond donors (Lipinski definition) is 1. The van der Waals surface area contributed by atoms with Crippen molar-refractivity contribution in [2.24, 2.45) is 0 Å². The van der Waals surface area contributed by atoms with Crippen LogP contribution in [-0.4, -0.2) is 32.6 Å². The van der Waals surface area contributed by atoms with Gasteiger partial charge in [-0.25, -0.2) is 4.79 Å². The molecular weight excluding hydrogens is 396 g/mol. The molecule has 7 nitrogen and oxygen atoms in total. The zero-order valence-corrected chi connectivity index (χ0v) is 17.7. The number of ether oxygens (including phenoxy) is 3. The number of nitrogens with zero attached hydrogens (tertiary/aromatic N) is 1. The molecule has 2 rings (SSSR count). The van der Waals surface area contributed by atoms with E-state index in [4.69, 9.17) is 14.2 Å². The van der Waals surface area contributed by atoms with E-state index in [1.807, 2.05) is 25.1 Å². The van der Waals surface area contributed by atoms with E-state index in [-0.39, 0.29) is 11.3 Å². The lowest BCUT2D eigenvalue weighted by molar-refractivity contribution is -0.129. The Bertz CT molecular complexity index is 1020. The Morgan fingerprint density at radius 3 is 2.35 bits per heavy atom. The molecule has 0 bridgehead atoms. The molecule has 0 aliphatic carbocycles. The van der Waals surface area contributed by atoms with Crippen LogP contribution in [0.25, 0.3) is 12.2 Å². The van der Waals surface area contributed by atoms with E-state index in [0.29, 0.717) is 17.9 Å². The molecule has 160 valence electrons. The molecule has 0 aromatic heterocycles. The topological polar surface area (TPSA) is 97.7 Å². The lowest BCUT2D eigenvalue weighted by atomic mass is 10.1. The number of nitriles is 1. The summed E-state index contributed by atoms with van der Waals surface area (Å²) in [6.07, 6.45) is 5.15. The first-order valence-electron chi connectivity index (χ1n) is 9.62. The Balaban J connectivity index is 2.12. The molecule has 0 saturated carbocycles. The van der Waals surface area contributed by atoms with Crippen LogP contribution in [-0.2, 0) is 9.59 Å². The lowest BCUT2D eigenvalue weighted by Crippen LogP contribution is -2.25. The molecule has 0 fully saturated rings. The molecular formula is C24H24N2O5. The zero-order chi connectivity index (χ0) is 22.6. The largest absolute Gasteiger partial charge is 0.497 e. The summed E-state index contributed by atoms with van der Waals surface area (Å²) >= 11 is 0. The number of benzene rings is 2. The summed E-state index contributed by atoms with van der Waals surface area (Å²) in [4.78, 5) is 24.2. The van der Waals surface area contributed by atoms with E-state index < -0.39 is 11.9 Å². The number of methoxy groups -OCH3 is 2. The predicted octanol–water partition coefficient (Wildman–Crippen LogP) is 3.76. The second-order valence-corrected chi connectivity index (χ2v) is 6.36. The molecule has 7 heteroatoms. The van der Waals surface area contributed by atoms with Crippen LogP contribution in [0.1, 0.15) is 24.5 Å². The molecule has 1 N–H and O–H groups in total. The maximum absolute atomic E-state index is 12.2. The molecule has 0 aliphatic heterocycles. The van der Waals surface area contributed by atoms with Gasteiger partial charge in [-0.05, 0) is 54.0 Å². The molecule has 0 unspecified atom stereocenters. The van der Waals surface area contributed by atoms with Crippen LogP contribution in [0, 0.1) is 11.3 Å². The molecule has 0 aliphatic rings. The smallest absolute Gasteiger partial charge is 0.336 e. The average Bonchev–Trinajstić information content (AvgIpc) is 2.80. The number of rotatable bonds is 9. The van der Waals surface area contributed by atoms with Crippen molar-refractivity contribution in [1.29, 1.82) is 5.26 Å². The predicted molar refractivity (Wildman–Crippen MR) is 118 cm³/mol. The number of esters is 1. The molecule has 0 heterocycles. The third-order valence-electron chi connectivity index (χ3n) is 4.14. The van der Waals surface area contributed by atoms with Crippen LogP contribution in [0.5, 0.6) is 17.2 Å². The Labute approximate surface area is 181 Å². The highest BCUT2D eigenvalue weighted by molar-refractivity contribution is 6.01. The third kappa shape index (κ3) is 7.05. The second-order valence-electron chi connectivity index (χ2n) is 6.36. The quantitative estimate of drug-likeness (QED) is 0.287. The van der Waals surface area contributed by atoms with Gasteiger partial charge in [-0.2, -0.15) is 5.26 Å². The van der Waals surface area contributed by atoms with Crippen molar-refractivity contribution >= 4 is 24.0 Å². The molecule has 2 aromatic carbocycles. The van der Waals surface area contributed by atoms with E-state index in [1.54, 1.807) is 43.5 Å². The first-order valence-corrected chi connectivity index (χ1v) is 9.62. The van der Waals surface area contributed by atoms with Crippen molar-refractivity contribution in [2.75, 3.05) is 20.8 Å². The monoisotopic (exact) mass is 420 g/mol. The zero-order valence-electron chi connectivity index (χ0n) is 17.7. The first-order chi connectivity index (χ1) is 15.0. The summed E-state index contributed by atoms with van der Waals surface area (Å²) in [6, 6.07) is 13.9. The summed E-state index contributed by atoms with van der Waals surface area (Å²) in [6.45, 7) is 2.41. The Hall–Kier alpha value is -4.05. The van der Waals surface area contributed by atoms with Gasteiger partial charge in [-0.3, -0.25) is 4.79 Å². The van der Waals surface area contributed by atoms with Gasteiger partial charge in [0.2, 0.25) is 0 Å². The highest BCUT2D eigenvalue weighted by Gasteiger charge is 2.11. The lowest BCUT2D eigenvalue weighted by Gasteiger charge is -2.09. The Morgan fingerprint density at radius 2 is 1.74 bits per heavy atom. The second kappa shape index (κ2) is 11.8. The minimum absolute atomic E-state index is 0.0253. The number of hydrogen-bond acceptors (Lipinski definition) is 6. The average molecular weight is 420 g/mol. The van der Waals surface area contributed by atoms with Gasteiger partial charge in [-0.1, -0.05) is 25.1 Å². The summed E-state index contributed by atoms with van der Waals surface area (Å²) in [5.41, 5.74) is 1.35. The van der Waals surface area contributed by atoms with Crippen LogP contribution < -0.4 is 19.5 Å². The molecule has 0 radical (unpaired) electrons. The van der Waals surface area contributed by atoms with Crippen molar-refractivity contribution in [3.63, 3.8) is 0 Å². The number of carbonyl (C=O) groups is 2. The van der Waals surface area contributed by atoms with Crippen LogP contribution in [0.3, 0.4) is 0 Å².